The lowest BCUT2D eigenvalue weighted by molar-refractivity contribution is 0.0926. The molecule has 1 amide bonds. The third-order valence-corrected chi connectivity index (χ3v) is 5.47. The maximum atomic E-state index is 12.2. The van der Waals surface area contributed by atoms with Crippen LogP contribution in [0.3, 0.4) is 0 Å². The van der Waals surface area contributed by atoms with E-state index in [0.29, 0.717) is 24.6 Å². The van der Waals surface area contributed by atoms with Gasteiger partial charge in [0.15, 0.2) is 5.76 Å². The number of pyridine rings is 1. The lowest BCUT2D eigenvalue weighted by atomic mass is 9.95. The molecule has 6 nitrogen and oxygen atoms in total. The van der Waals surface area contributed by atoms with Crippen molar-refractivity contribution in [2.75, 3.05) is 13.7 Å². The van der Waals surface area contributed by atoms with E-state index in [-0.39, 0.29) is 5.91 Å². The van der Waals surface area contributed by atoms with Crippen LogP contribution in [0.15, 0.2) is 59.2 Å². The molecule has 0 aliphatic carbocycles. The predicted octanol–water partition coefficient (Wildman–Crippen LogP) is 3.83. The van der Waals surface area contributed by atoms with Gasteiger partial charge in [-0.2, -0.15) is 0 Å². The Kier molecular flexibility index (Phi) is 4.31. The Hall–Kier alpha value is -3.54. The van der Waals surface area contributed by atoms with Gasteiger partial charge in [0, 0.05) is 30.3 Å². The molecule has 1 aliphatic heterocycles. The smallest absolute Gasteiger partial charge is 0.286 e. The zero-order chi connectivity index (χ0) is 19.8. The third-order valence-electron chi connectivity index (χ3n) is 5.47. The summed E-state index contributed by atoms with van der Waals surface area (Å²) in [6, 6.07) is 15.9. The summed E-state index contributed by atoms with van der Waals surface area (Å²) in [6.45, 7) is 1.41. The second kappa shape index (κ2) is 7.13. The van der Waals surface area contributed by atoms with Crippen LogP contribution in [-0.2, 0) is 19.4 Å². The summed E-state index contributed by atoms with van der Waals surface area (Å²) in [4.78, 5) is 17.0. The molecule has 6 heteroatoms. The first kappa shape index (κ1) is 17.6. The van der Waals surface area contributed by atoms with E-state index in [0.717, 1.165) is 29.6 Å². The highest BCUT2D eigenvalue weighted by atomic mass is 16.5. The molecule has 1 aromatic carbocycles. The predicted molar refractivity (Wildman–Crippen MR) is 110 cm³/mol. The Labute approximate surface area is 168 Å². The molecule has 29 heavy (non-hydrogen) atoms. The van der Waals surface area contributed by atoms with Gasteiger partial charge in [-0.05, 0) is 36.6 Å². The maximum absolute atomic E-state index is 12.2. The minimum absolute atomic E-state index is 0.210. The number of furan rings is 1. The van der Waals surface area contributed by atoms with E-state index in [9.17, 15) is 4.79 Å². The highest BCUT2D eigenvalue weighted by molar-refractivity contribution is 5.92. The van der Waals surface area contributed by atoms with Crippen molar-refractivity contribution in [3.8, 4) is 17.1 Å². The molecule has 0 atom stereocenters. The van der Waals surface area contributed by atoms with Crippen molar-refractivity contribution < 1.29 is 13.9 Å². The van der Waals surface area contributed by atoms with E-state index >= 15 is 0 Å². The highest BCUT2D eigenvalue weighted by Gasteiger charge is 2.25. The zero-order valence-corrected chi connectivity index (χ0v) is 16.1. The molecule has 0 radical (unpaired) electrons. The van der Waals surface area contributed by atoms with Gasteiger partial charge in [-0.25, -0.2) is 4.98 Å². The van der Waals surface area contributed by atoms with Gasteiger partial charge in [0.2, 0.25) is 5.88 Å². The average molecular weight is 387 g/mol. The minimum atomic E-state index is -0.210. The number of methoxy groups -OCH3 is 1. The van der Waals surface area contributed by atoms with Gasteiger partial charge in [-0.1, -0.05) is 24.3 Å². The fourth-order valence-electron chi connectivity index (χ4n) is 4.16. The molecule has 1 aliphatic rings. The van der Waals surface area contributed by atoms with Crippen molar-refractivity contribution >= 4 is 16.9 Å². The van der Waals surface area contributed by atoms with E-state index < -0.39 is 0 Å². The third kappa shape index (κ3) is 2.97. The van der Waals surface area contributed by atoms with Gasteiger partial charge in [0.05, 0.1) is 30.1 Å². The average Bonchev–Trinajstić information content (AvgIpc) is 3.40. The van der Waals surface area contributed by atoms with Crippen LogP contribution in [0.25, 0.3) is 22.3 Å². The van der Waals surface area contributed by atoms with E-state index in [2.05, 4.69) is 40.2 Å². The summed E-state index contributed by atoms with van der Waals surface area (Å²) in [5, 5.41) is 2.95. The summed E-state index contributed by atoms with van der Waals surface area (Å²) in [7, 11) is 1.63. The number of hydrogen-bond acceptors (Lipinski definition) is 4. The molecule has 0 spiro atoms. The number of carbonyl (C=O) groups is 1. The van der Waals surface area contributed by atoms with Crippen molar-refractivity contribution in [1.82, 2.24) is 14.9 Å². The standard InChI is InChI=1S/C23H21N3O3/c1-28-20-9-8-18-21(25-20)17(10-12-24-23(27)19-7-4-14-29-19)22-16-6-3-2-5-15(16)11-13-26(18)22/h2-9,14H,10-13H2,1H3,(H,24,27). The van der Waals surface area contributed by atoms with E-state index in [1.165, 1.54) is 23.1 Å². The van der Waals surface area contributed by atoms with Crippen molar-refractivity contribution in [3.05, 3.63) is 71.7 Å². The van der Waals surface area contributed by atoms with Gasteiger partial charge in [0.25, 0.3) is 5.91 Å². The molecule has 4 heterocycles. The van der Waals surface area contributed by atoms with E-state index in [1.807, 2.05) is 6.07 Å². The summed E-state index contributed by atoms with van der Waals surface area (Å²) >= 11 is 0. The molecular weight excluding hydrogens is 366 g/mol. The van der Waals surface area contributed by atoms with Gasteiger partial charge in [-0.15, -0.1) is 0 Å². The number of ether oxygens (including phenoxy) is 1. The number of aryl methyl sites for hydroxylation is 2. The van der Waals surface area contributed by atoms with Gasteiger partial charge < -0.3 is 19.0 Å². The summed E-state index contributed by atoms with van der Waals surface area (Å²) in [6.07, 6.45) is 3.16. The second-order valence-electron chi connectivity index (χ2n) is 7.09. The van der Waals surface area contributed by atoms with Crippen LogP contribution in [0.1, 0.15) is 21.7 Å². The van der Waals surface area contributed by atoms with Crippen LogP contribution in [0, 0.1) is 0 Å². The number of nitrogens with zero attached hydrogens (tertiary/aromatic N) is 2. The Morgan fingerprint density at radius 3 is 2.93 bits per heavy atom. The number of nitrogens with one attached hydrogen (secondary N) is 1. The fourth-order valence-corrected chi connectivity index (χ4v) is 4.16. The first-order valence-electron chi connectivity index (χ1n) is 9.72. The molecule has 0 bridgehead atoms. The van der Waals surface area contributed by atoms with Crippen LogP contribution >= 0.6 is 0 Å². The van der Waals surface area contributed by atoms with E-state index in [4.69, 9.17) is 14.1 Å². The number of amides is 1. The first-order chi connectivity index (χ1) is 14.3. The van der Waals surface area contributed by atoms with Gasteiger partial charge >= 0.3 is 0 Å². The number of carbonyl (C=O) groups excluding carboxylic acids is 1. The van der Waals surface area contributed by atoms with Gasteiger partial charge in [-0.3, -0.25) is 4.79 Å². The maximum Gasteiger partial charge on any atom is 0.286 e. The van der Waals surface area contributed by atoms with Crippen LogP contribution < -0.4 is 10.1 Å². The fraction of sp³-hybridized carbons (Fsp3) is 0.217. The monoisotopic (exact) mass is 387 g/mol. The first-order valence-corrected chi connectivity index (χ1v) is 9.72. The summed E-state index contributed by atoms with van der Waals surface area (Å²) < 4.78 is 12.9. The zero-order valence-electron chi connectivity index (χ0n) is 16.1. The van der Waals surface area contributed by atoms with Crippen molar-refractivity contribution in [3.63, 3.8) is 0 Å². The molecule has 3 aromatic heterocycles. The molecule has 146 valence electrons. The topological polar surface area (TPSA) is 69.3 Å². The Morgan fingerprint density at radius 2 is 2.10 bits per heavy atom. The lowest BCUT2D eigenvalue weighted by Gasteiger charge is -2.21. The minimum Gasteiger partial charge on any atom is -0.481 e. The second-order valence-corrected chi connectivity index (χ2v) is 7.09. The normalized spacial score (nSPS) is 12.4. The molecule has 0 fully saturated rings. The van der Waals surface area contributed by atoms with Gasteiger partial charge in [0.1, 0.15) is 0 Å². The number of benzene rings is 1. The molecular formula is C23H21N3O3. The Morgan fingerprint density at radius 1 is 1.21 bits per heavy atom. The molecule has 0 saturated carbocycles. The van der Waals surface area contributed by atoms with Crippen molar-refractivity contribution in [2.24, 2.45) is 0 Å². The highest BCUT2D eigenvalue weighted by Crippen LogP contribution is 2.39. The van der Waals surface area contributed by atoms with E-state index in [1.54, 1.807) is 19.2 Å². The molecule has 4 aromatic rings. The Balaban J connectivity index is 1.55. The largest absolute Gasteiger partial charge is 0.481 e. The molecule has 0 unspecified atom stereocenters. The van der Waals surface area contributed by atoms with Crippen molar-refractivity contribution in [2.45, 2.75) is 19.4 Å². The number of aromatic nitrogens is 2. The number of hydrogen-bond donors (Lipinski definition) is 1. The van der Waals surface area contributed by atoms with Crippen LogP contribution in [-0.4, -0.2) is 29.1 Å². The molecule has 1 N–H and O–H groups in total. The molecule has 5 rings (SSSR count). The summed E-state index contributed by atoms with van der Waals surface area (Å²) in [5.41, 5.74) is 6.94. The van der Waals surface area contributed by atoms with Crippen molar-refractivity contribution in [1.29, 1.82) is 0 Å². The van der Waals surface area contributed by atoms with Crippen LogP contribution in [0.5, 0.6) is 5.88 Å². The molecule has 0 saturated heterocycles. The lowest BCUT2D eigenvalue weighted by Crippen LogP contribution is -2.25. The number of rotatable bonds is 5. The Bertz CT molecular complexity index is 1190. The van der Waals surface area contributed by atoms with Crippen LogP contribution in [0.4, 0.5) is 0 Å². The number of fused-ring (bicyclic) bond motifs is 5. The summed E-state index contributed by atoms with van der Waals surface area (Å²) in [5.74, 6) is 0.701. The quantitative estimate of drug-likeness (QED) is 0.565. The van der Waals surface area contributed by atoms with Crippen LogP contribution in [0.2, 0.25) is 0 Å². The SMILES string of the molecule is COc1ccc2c(n1)c(CCNC(=O)c1ccco1)c1n2CCc2ccccc2-1.